The lowest BCUT2D eigenvalue weighted by molar-refractivity contribution is -0.132. The predicted molar refractivity (Wildman–Crippen MR) is 104 cm³/mol. The van der Waals surface area contributed by atoms with Gasteiger partial charge in [0.05, 0.1) is 16.7 Å². The summed E-state index contributed by atoms with van der Waals surface area (Å²) in [6.45, 7) is 1.48. The molecule has 0 aliphatic carbocycles. The van der Waals surface area contributed by atoms with Crippen LogP contribution >= 0.6 is 12.4 Å². The molecule has 2 aromatic rings. The molecule has 0 saturated carbocycles. The van der Waals surface area contributed by atoms with Gasteiger partial charge in [0.15, 0.2) is 9.84 Å². The van der Waals surface area contributed by atoms with Gasteiger partial charge in [-0.15, -0.1) is 12.4 Å². The smallest absolute Gasteiger partial charge is 0.248 e. The van der Waals surface area contributed by atoms with Gasteiger partial charge >= 0.3 is 0 Å². The normalized spacial score (nSPS) is 22.9. The molecular formula is C18H23ClN4O3S. The Morgan fingerprint density at radius 3 is 2.67 bits per heavy atom. The summed E-state index contributed by atoms with van der Waals surface area (Å²) in [6, 6.07) is 8.46. The lowest BCUT2D eigenvalue weighted by Crippen LogP contribution is -2.55. The molecule has 1 amide bonds. The first-order chi connectivity index (χ1) is 12.5. The van der Waals surface area contributed by atoms with E-state index in [0.29, 0.717) is 29.7 Å². The number of aromatic nitrogens is 2. The predicted octanol–water partition coefficient (Wildman–Crippen LogP) is 1.42. The van der Waals surface area contributed by atoms with Crippen molar-refractivity contribution >= 4 is 28.2 Å². The number of fused-ring (bicyclic) bond motifs is 1. The zero-order valence-corrected chi connectivity index (χ0v) is 16.4. The second kappa shape index (κ2) is 7.61. The van der Waals surface area contributed by atoms with Gasteiger partial charge in [0.2, 0.25) is 5.91 Å². The van der Waals surface area contributed by atoms with E-state index in [9.17, 15) is 13.2 Å². The van der Waals surface area contributed by atoms with Crippen LogP contribution in [0.3, 0.4) is 0 Å². The van der Waals surface area contributed by atoms with Crippen molar-refractivity contribution in [2.75, 3.05) is 18.8 Å². The van der Waals surface area contributed by atoms with Crippen molar-refractivity contribution < 1.29 is 13.2 Å². The molecule has 2 N–H and O–H groups in total. The van der Waals surface area contributed by atoms with Crippen molar-refractivity contribution in [2.45, 2.75) is 35.7 Å². The van der Waals surface area contributed by atoms with E-state index in [1.54, 1.807) is 29.1 Å². The molecule has 1 saturated heterocycles. The van der Waals surface area contributed by atoms with Gasteiger partial charge in [-0.25, -0.2) is 8.42 Å². The highest BCUT2D eigenvalue weighted by Gasteiger charge is 2.43. The zero-order chi connectivity index (χ0) is 18.2. The van der Waals surface area contributed by atoms with Crippen LogP contribution in [0.15, 0.2) is 47.6 Å². The minimum atomic E-state index is -3.27. The van der Waals surface area contributed by atoms with Gasteiger partial charge in [0.1, 0.15) is 5.54 Å². The summed E-state index contributed by atoms with van der Waals surface area (Å²) in [5.41, 5.74) is -0.0586. The standard InChI is InChI=1S/C18H22N4O3S.ClH/c23-17(18(7-10-19-11-8-18)22-12-3-9-20-22)21-15-6-13-26(24,25)16-5-2-1-4-14(15)16;/h1-5,9,12,15,19H,6-8,10-11,13H2,(H,21,23);1H. The third-order valence-electron chi connectivity index (χ3n) is 5.41. The summed E-state index contributed by atoms with van der Waals surface area (Å²) in [7, 11) is -3.27. The van der Waals surface area contributed by atoms with Crippen LogP contribution in [0.4, 0.5) is 0 Å². The Morgan fingerprint density at radius 2 is 1.96 bits per heavy atom. The number of carbonyl (C=O) groups is 1. The first-order valence-electron chi connectivity index (χ1n) is 8.86. The summed E-state index contributed by atoms with van der Waals surface area (Å²) in [5.74, 6) is -0.0486. The van der Waals surface area contributed by atoms with Crippen LogP contribution < -0.4 is 10.6 Å². The zero-order valence-electron chi connectivity index (χ0n) is 14.8. The molecular weight excluding hydrogens is 388 g/mol. The van der Waals surface area contributed by atoms with Gasteiger partial charge in [0, 0.05) is 12.4 Å². The highest BCUT2D eigenvalue weighted by Crippen LogP contribution is 2.34. The molecule has 3 heterocycles. The number of benzene rings is 1. The molecule has 4 rings (SSSR count). The number of nitrogens with zero attached hydrogens (tertiary/aromatic N) is 2. The summed E-state index contributed by atoms with van der Waals surface area (Å²) in [5, 5.41) is 10.7. The Morgan fingerprint density at radius 1 is 1.22 bits per heavy atom. The average Bonchev–Trinajstić information content (AvgIpc) is 3.20. The minimum absolute atomic E-state index is 0. The molecule has 2 aliphatic rings. The topological polar surface area (TPSA) is 93.1 Å². The lowest BCUT2D eigenvalue weighted by atomic mass is 9.86. The second-order valence-electron chi connectivity index (χ2n) is 6.90. The Hall–Kier alpha value is -1.90. The fourth-order valence-electron chi connectivity index (χ4n) is 3.96. The number of rotatable bonds is 3. The first kappa shape index (κ1) is 19.9. The Balaban J connectivity index is 0.00000210. The van der Waals surface area contributed by atoms with Crippen molar-refractivity contribution in [3.63, 3.8) is 0 Å². The maximum Gasteiger partial charge on any atom is 0.248 e. The van der Waals surface area contributed by atoms with Gasteiger partial charge in [-0.05, 0) is 50.0 Å². The number of hydrogen-bond acceptors (Lipinski definition) is 5. The second-order valence-corrected chi connectivity index (χ2v) is 8.98. The molecule has 9 heteroatoms. The van der Waals surface area contributed by atoms with Gasteiger partial charge in [-0.3, -0.25) is 9.48 Å². The summed E-state index contributed by atoms with van der Waals surface area (Å²) >= 11 is 0. The molecule has 1 unspecified atom stereocenters. The largest absolute Gasteiger partial charge is 0.347 e. The summed E-state index contributed by atoms with van der Waals surface area (Å²) in [6.07, 6.45) is 5.18. The van der Waals surface area contributed by atoms with Crippen molar-refractivity contribution in [3.8, 4) is 0 Å². The number of sulfone groups is 1. The highest BCUT2D eigenvalue weighted by atomic mass is 35.5. The molecule has 1 aromatic carbocycles. The monoisotopic (exact) mass is 410 g/mol. The van der Waals surface area contributed by atoms with Gasteiger partial charge < -0.3 is 10.6 Å². The SMILES string of the molecule is Cl.O=C(NC1CCS(=O)(=O)c2ccccc21)C1(n2cccn2)CCNCC1. The summed E-state index contributed by atoms with van der Waals surface area (Å²) < 4.78 is 26.4. The molecule has 146 valence electrons. The fourth-order valence-corrected chi connectivity index (χ4v) is 5.58. The molecule has 27 heavy (non-hydrogen) atoms. The van der Waals surface area contributed by atoms with Crippen LogP contribution in [0.25, 0.3) is 0 Å². The Labute approximate surface area is 164 Å². The van der Waals surface area contributed by atoms with Crippen LogP contribution in [0.1, 0.15) is 30.9 Å². The van der Waals surface area contributed by atoms with E-state index in [-0.39, 0.29) is 30.1 Å². The molecule has 0 spiro atoms. The van der Waals surface area contributed by atoms with Crippen molar-refractivity contribution in [1.82, 2.24) is 20.4 Å². The van der Waals surface area contributed by atoms with Gasteiger partial charge in [-0.2, -0.15) is 5.10 Å². The number of amides is 1. The van der Waals surface area contributed by atoms with Crippen LogP contribution in [-0.4, -0.2) is 42.9 Å². The molecule has 1 atom stereocenters. The number of piperidine rings is 1. The quantitative estimate of drug-likeness (QED) is 0.798. The van der Waals surface area contributed by atoms with Crippen molar-refractivity contribution in [2.24, 2.45) is 0 Å². The lowest BCUT2D eigenvalue weighted by Gasteiger charge is -2.38. The van der Waals surface area contributed by atoms with E-state index in [0.717, 1.165) is 13.1 Å². The van der Waals surface area contributed by atoms with Gasteiger partial charge in [0.25, 0.3) is 0 Å². The molecule has 0 bridgehead atoms. The van der Waals surface area contributed by atoms with Crippen molar-refractivity contribution in [1.29, 1.82) is 0 Å². The Bertz CT molecular complexity index is 908. The maximum atomic E-state index is 13.3. The number of nitrogens with one attached hydrogen (secondary N) is 2. The maximum absolute atomic E-state index is 13.3. The van der Waals surface area contributed by atoms with E-state index in [4.69, 9.17) is 0 Å². The third kappa shape index (κ3) is 3.49. The van der Waals surface area contributed by atoms with Crippen molar-refractivity contribution in [3.05, 3.63) is 48.3 Å². The molecule has 7 nitrogen and oxygen atoms in total. The van der Waals surface area contributed by atoms with Crippen LogP contribution in [0.2, 0.25) is 0 Å². The number of hydrogen-bond donors (Lipinski definition) is 2. The Kier molecular flexibility index (Phi) is 5.60. The fraction of sp³-hybridized carbons (Fsp3) is 0.444. The van der Waals surface area contributed by atoms with Crippen LogP contribution in [0, 0.1) is 0 Å². The van der Waals surface area contributed by atoms with E-state index < -0.39 is 15.4 Å². The first-order valence-corrected chi connectivity index (χ1v) is 10.5. The highest BCUT2D eigenvalue weighted by molar-refractivity contribution is 7.91. The van der Waals surface area contributed by atoms with E-state index in [1.165, 1.54) is 0 Å². The molecule has 1 aromatic heterocycles. The molecule has 0 radical (unpaired) electrons. The van der Waals surface area contributed by atoms with Crippen LogP contribution in [-0.2, 0) is 20.2 Å². The molecule has 2 aliphatic heterocycles. The number of carbonyl (C=O) groups excluding carboxylic acids is 1. The minimum Gasteiger partial charge on any atom is -0.347 e. The average molecular weight is 411 g/mol. The van der Waals surface area contributed by atoms with E-state index >= 15 is 0 Å². The van der Waals surface area contributed by atoms with Crippen LogP contribution in [0.5, 0.6) is 0 Å². The van der Waals surface area contributed by atoms with E-state index in [2.05, 4.69) is 15.7 Å². The van der Waals surface area contributed by atoms with Gasteiger partial charge in [-0.1, -0.05) is 18.2 Å². The summed E-state index contributed by atoms with van der Waals surface area (Å²) in [4.78, 5) is 13.6. The molecule has 1 fully saturated rings. The third-order valence-corrected chi connectivity index (χ3v) is 7.22. The number of halogens is 1. The van der Waals surface area contributed by atoms with E-state index in [1.807, 2.05) is 18.3 Å².